The molecule has 0 radical (unpaired) electrons. The van der Waals surface area contributed by atoms with E-state index >= 15 is 0 Å². The van der Waals surface area contributed by atoms with Gasteiger partial charge in [-0.05, 0) is 58.4 Å². The van der Waals surface area contributed by atoms with Crippen LogP contribution in [0, 0.1) is 5.92 Å². The zero-order chi connectivity index (χ0) is 13.1. The third-order valence-corrected chi connectivity index (χ3v) is 5.04. The molecule has 2 bridgehead atoms. The molecule has 1 N–H and O–H groups in total. The molecular weight excluding hydrogens is 220 g/mol. The van der Waals surface area contributed by atoms with Gasteiger partial charge < -0.3 is 10.2 Å². The fourth-order valence-corrected chi connectivity index (χ4v) is 3.82. The number of fused-ring (bicyclic) bond motifs is 2. The molecule has 0 aliphatic carbocycles. The predicted molar refractivity (Wildman–Crippen MR) is 78.9 cm³/mol. The molecule has 0 amide bonds. The van der Waals surface area contributed by atoms with Gasteiger partial charge in [0.05, 0.1) is 0 Å². The van der Waals surface area contributed by atoms with Crippen molar-refractivity contribution in [3.05, 3.63) is 0 Å². The Labute approximate surface area is 114 Å². The first kappa shape index (κ1) is 14.3. The minimum absolute atomic E-state index is 0.696. The maximum absolute atomic E-state index is 3.90. The van der Waals surface area contributed by atoms with Crippen molar-refractivity contribution in [2.24, 2.45) is 5.92 Å². The standard InChI is InChI=1S/C16H32N2/c1-12(2)8-9-13(3)17-14-10-15-6-5-7-16(11-14)18(15)4/h12-17H,5-11H2,1-4H3. The molecule has 0 aromatic rings. The molecule has 3 atom stereocenters. The summed E-state index contributed by atoms with van der Waals surface area (Å²) in [7, 11) is 2.34. The molecule has 2 nitrogen and oxygen atoms in total. The van der Waals surface area contributed by atoms with Crippen LogP contribution in [0.25, 0.3) is 0 Å². The first-order valence-corrected chi connectivity index (χ1v) is 8.04. The first-order chi connectivity index (χ1) is 8.56. The van der Waals surface area contributed by atoms with Crippen molar-refractivity contribution in [1.82, 2.24) is 10.2 Å². The van der Waals surface area contributed by atoms with E-state index in [1.54, 1.807) is 0 Å². The van der Waals surface area contributed by atoms with Gasteiger partial charge in [0.25, 0.3) is 0 Å². The van der Waals surface area contributed by atoms with Crippen LogP contribution in [0.3, 0.4) is 0 Å². The minimum atomic E-state index is 0.696. The monoisotopic (exact) mass is 252 g/mol. The predicted octanol–water partition coefficient (Wildman–Crippen LogP) is 3.42. The van der Waals surface area contributed by atoms with Crippen LogP contribution >= 0.6 is 0 Å². The van der Waals surface area contributed by atoms with E-state index in [4.69, 9.17) is 0 Å². The lowest BCUT2D eigenvalue weighted by molar-refractivity contribution is 0.0459. The van der Waals surface area contributed by atoms with Crippen molar-refractivity contribution < 1.29 is 0 Å². The van der Waals surface area contributed by atoms with Crippen molar-refractivity contribution in [2.75, 3.05) is 7.05 Å². The summed E-state index contributed by atoms with van der Waals surface area (Å²) >= 11 is 0. The first-order valence-electron chi connectivity index (χ1n) is 8.04. The fraction of sp³-hybridized carbons (Fsp3) is 1.00. The van der Waals surface area contributed by atoms with Crippen molar-refractivity contribution in [3.8, 4) is 0 Å². The molecule has 2 heteroatoms. The van der Waals surface area contributed by atoms with E-state index < -0.39 is 0 Å². The number of nitrogens with one attached hydrogen (secondary N) is 1. The Morgan fingerprint density at radius 3 is 2.22 bits per heavy atom. The number of piperidine rings is 2. The largest absolute Gasteiger partial charge is 0.311 e. The Bertz CT molecular complexity index is 237. The molecule has 2 rings (SSSR count). The van der Waals surface area contributed by atoms with Crippen molar-refractivity contribution in [3.63, 3.8) is 0 Å². The van der Waals surface area contributed by atoms with Gasteiger partial charge in [-0.3, -0.25) is 0 Å². The summed E-state index contributed by atoms with van der Waals surface area (Å²) in [4.78, 5) is 2.65. The Kier molecular flexibility index (Phi) is 5.08. The van der Waals surface area contributed by atoms with Crippen LogP contribution in [-0.4, -0.2) is 36.1 Å². The highest BCUT2D eigenvalue weighted by Crippen LogP contribution is 2.32. The van der Waals surface area contributed by atoms with Crippen LogP contribution in [0.1, 0.15) is 65.7 Å². The quantitative estimate of drug-likeness (QED) is 0.806. The molecule has 2 saturated heterocycles. The zero-order valence-corrected chi connectivity index (χ0v) is 12.8. The summed E-state index contributed by atoms with van der Waals surface area (Å²) in [6.45, 7) is 7.02. The van der Waals surface area contributed by atoms with E-state index in [-0.39, 0.29) is 0 Å². The second-order valence-corrected chi connectivity index (χ2v) is 7.11. The Balaban J connectivity index is 1.77. The maximum Gasteiger partial charge on any atom is 0.0110 e. The van der Waals surface area contributed by atoms with Crippen LogP contribution < -0.4 is 5.32 Å². The van der Waals surface area contributed by atoms with Gasteiger partial charge in [0.1, 0.15) is 0 Å². The molecule has 18 heavy (non-hydrogen) atoms. The molecule has 2 aliphatic rings. The number of hydrogen-bond acceptors (Lipinski definition) is 2. The Morgan fingerprint density at radius 2 is 1.67 bits per heavy atom. The van der Waals surface area contributed by atoms with E-state index in [0.717, 1.165) is 24.0 Å². The van der Waals surface area contributed by atoms with Gasteiger partial charge >= 0.3 is 0 Å². The van der Waals surface area contributed by atoms with Crippen molar-refractivity contribution in [1.29, 1.82) is 0 Å². The van der Waals surface area contributed by atoms with Crippen LogP contribution in [0.2, 0.25) is 0 Å². The van der Waals surface area contributed by atoms with E-state index in [9.17, 15) is 0 Å². The highest BCUT2D eigenvalue weighted by molar-refractivity contribution is 4.94. The van der Waals surface area contributed by atoms with Gasteiger partial charge in [-0.2, -0.15) is 0 Å². The van der Waals surface area contributed by atoms with Crippen molar-refractivity contribution in [2.45, 2.75) is 89.9 Å². The molecule has 0 aromatic heterocycles. The third kappa shape index (κ3) is 3.71. The molecule has 106 valence electrons. The molecule has 0 saturated carbocycles. The molecule has 2 heterocycles. The normalized spacial score (nSPS) is 34.8. The van der Waals surface area contributed by atoms with Gasteiger partial charge in [-0.25, -0.2) is 0 Å². The Hall–Kier alpha value is -0.0800. The van der Waals surface area contributed by atoms with Crippen molar-refractivity contribution >= 4 is 0 Å². The molecule has 2 fully saturated rings. The van der Waals surface area contributed by atoms with Gasteiger partial charge in [0.2, 0.25) is 0 Å². The zero-order valence-electron chi connectivity index (χ0n) is 12.8. The summed E-state index contributed by atoms with van der Waals surface area (Å²) in [5.41, 5.74) is 0. The summed E-state index contributed by atoms with van der Waals surface area (Å²) in [5, 5.41) is 3.90. The molecule has 3 unspecified atom stereocenters. The second kappa shape index (κ2) is 6.38. The van der Waals surface area contributed by atoms with Crippen LogP contribution in [0.5, 0.6) is 0 Å². The lowest BCUT2D eigenvalue weighted by atomic mass is 9.82. The van der Waals surface area contributed by atoms with Gasteiger partial charge in [-0.15, -0.1) is 0 Å². The van der Waals surface area contributed by atoms with E-state index in [1.807, 2.05) is 0 Å². The SMILES string of the molecule is CC(C)CCC(C)NC1CC2CCCC(C1)N2C. The average molecular weight is 252 g/mol. The van der Waals surface area contributed by atoms with Crippen LogP contribution in [-0.2, 0) is 0 Å². The highest BCUT2D eigenvalue weighted by Gasteiger charge is 2.35. The summed E-state index contributed by atoms with van der Waals surface area (Å²) in [6, 6.07) is 3.18. The van der Waals surface area contributed by atoms with E-state index in [0.29, 0.717) is 6.04 Å². The lowest BCUT2D eigenvalue weighted by Gasteiger charge is -2.47. The molecular formula is C16H32N2. The van der Waals surface area contributed by atoms with Crippen LogP contribution in [0.4, 0.5) is 0 Å². The maximum atomic E-state index is 3.90. The smallest absolute Gasteiger partial charge is 0.0110 e. The molecule has 0 spiro atoms. The van der Waals surface area contributed by atoms with Gasteiger partial charge in [0.15, 0.2) is 0 Å². The fourth-order valence-electron chi connectivity index (χ4n) is 3.82. The number of rotatable bonds is 5. The van der Waals surface area contributed by atoms with E-state index in [2.05, 4.69) is 38.0 Å². The third-order valence-electron chi connectivity index (χ3n) is 5.04. The summed E-state index contributed by atoms with van der Waals surface area (Å²) in [6.07, 6.45) is 9.73. The summed E-state index contributed by atoms with van der Waals surface area (Å²) < 4.78 is 0. The molecule has 0 aromatic carbocycles. The molecule has 2 aliphatic heterocycles. The second-order valence-electron chi connectivity index (χ2n) is 7.11. The van der Waals surface area contributed by atoms with Crippen LogP contribution in [0.15, 0.2) is 0 Å². The van der Waals surface area contributed by atoms with Gasteiger partial charge in [-0.1, -0.05) is 20.3 Å². The average Bonchev–Trinajstić information content (AvgIpc) is 2.28. The van der Waals surface area contributed by atoms with E-state index in [1.165, 1.54) is 44.9 Å². The number of hydrogen-bond donors (Lipinski definition) is 1. The highest BCUT2D eigenvalue weighted by atomic mass is 15.2. The summed E-state index contributed by atoms with van der Waals surface area (Å²) in [5.74, 6) is 0.839. The van der Waals surface area contributed by atoms with Gasteiger partial charge in [0, 0.05) is 24.2 Å². The topological polar surface area (TPSA) is 15.3 Å². The number of nitrogens with zero attached hydrogens (tertiary/aromatic N) is 1. The Morgan fingerprint density at radius 1 is 1.06 bits per heavy atom. The minimum Gasteiger partial charge on any atom is -0.311 e. The lowest BCUT2D eigenvalue weighted by Crippen LogP contribution is -2.55.